The zero-order chi connectivity index (χ0) is 21.8. The van der Waals surface area contributed by atoms with Gasteiger partial charge in [0.05, 0.1) is 20.6 Å². The maximum absolute atomic E-state index is 11.4. The molecule has 0 bridgehead atoms. The fraction of sp³-hybridized carbons (Fsp3) is 0.885. The van der Waals surface area contributed by atoms with E-state index in [1.165, 1.54) is 103 Å². The number of esters is 1. The Morgan fingerprint density at radius 2 is 1.07 bits per heavy atom. The van der Waals surface area contributed by atoms with Crippen molar-refractivity contribution >= 4 is 5.97 Å². The Labute approximate surface area is 195 Å². The van der Waals surface area contributed by atoms with Crippen LogP contribution >= 0.6 is 0 Å². The molecule has 0 atom stereocenters. The van der Waals surface area contributed by atoms with E-state index in [1.807, 2.05) is 0 Å². The fourth-order valence-electron chi connectivity index (χ4n) is 3.71. The van der Waals surface area contributed by atoms with Crippen LogP contribution in [0.2, 0.25) is 0 Å². The van der Waals surface area contributed by atoms with E-state index in [0.717, 1.165) is 17.6 Å². The molecular weight excluding hydrogens is 394 g/mol. The van der Waals surface area contributed by atoms with Gasteiger partial charge in [-0.15, -0.1) is 0 Å². The lowest BCUT2D eigenvalue weighted by atomic mass is 10.0. The summed E-state index contributed by atoms with van der Waals surface area (Å²) in [5.74, 6) is -0.271. The largest absolute Gasteiger partial charge is 1.00 e. The first kappa shape index (κ1) is 31.6. The predicted molar refractivity (Wildman–Crippen MR) is 127 cm³/mol. The zero-order valence-corrected chi connectivity index (χ0v) is 21.5. The van der Waals surface area contributed by atoms with E-state index >= 15 is 0 Å². The summed E-state index contributed by atoms with van der Waals surface area (Å²) in [5, 5.41) is 0. The van der Waals surface area contributed by atoms with Crippen LogP contribution in [0, 0.1) is 0 Å². The van der Waals surface area contributed by atoms with Crippen molar-refractivity contribution < 1.29 is 26.4 Å². The highest BCUT2D eigenvalue weighted by molar-refractivity contribution is 5.86. The molecule has 0 aliphatic heterocycles. The van der Waals surface area contributed by atoms with Crippen molar-refractivity contribution in [3.05, 3.63) is 12.2 Å². The highest BCUT2D eigenvalue weighted by atomic mass is 35.5. The van der Waals surface area contributed by atoms with Crippen molar-refractivity contribution in [2.45, 2.75) is 117 Å². The minimum absolute atomic E-state index is 0. The van der Waals surface area contributed by atoms with Gasteiger partial charge >= 0.3 is 5.97 Å². The van der Waals surface area contributed by atoms with Gasteiger partial charge in [0.15, 0.2) is 0 Å². The van der Waals surface area contributed by atoms with Gasteiger partial charge in [-0.3, -0.25) is 0 Å². The number of unbranched alkanes of at least 4 members (excludes halogenated alkanes) is 15. The number of rotatable bonds is 21. The highest BCUT2D eigenvalue weighted by Gasteiger charge is 2.15. The summed E-state index contributed by atoms with van der Waals surface area (Å²) in [7, 11) is 4.44. The van der Waals surface area contributed by atoms with Gasteiger partial charge in [0.25, 0.3) is 0 Å². The molecule has 0 heterocycles. The molecule has 0 saturated heterocycles. The topological polar surface area (TPSA) is 26.3 Å². The second kappa shape index (κ2) is 21.7. The Morgan fingerprint density at radius 3 is 1.43 bits per heavy atom. The SMILES string of the molecule is C=C(C)C(=O)OCC[N+](C)(C)CCCCCCCCCCCCCCCCCC.[Cl-]. The Kier molecular flexibility index (Phi) is 22.9. The van der Waals surface area contributed by atoms with Crippen molar-refractivity contribution in [3.63, 3.8) is 0 Å². The lowest BCUT2D eigenvalue weighted by Gasteiger charge is -2.29. The van der Waals surface area contributed by atoms with Gasteiger partial charge in [0.2, 0.25) is 0 Å². The number of quaternary nitrogens is 1. The van der Waals surface area contributed by atoms with Crippen LogP contribution in [0.1, 0.15) is 117 Å². The quantitative estimate of drug-likeness (QED) is 0.113. The van der Waals surface area contributed by atoms with Crippen molar-refractivity contribution in [2.24, 2.45) is 0 Å². The Bertz CT molecular complexity index is 410. The first-order chi connectivity index (χ1) is 13.9. The number of nitrogens with zero attached hydrogens (tertiary/aromatic N) is 1. The van der Waals surface area contributed by atoms with Crippen LogP contribution < -0.4 is 12.4 Å². The van der Waals surface area contributed by atoms with Gasteiger partial charge in [-0.2, -0.15) is 0 Å². The summed E-state index contributed by atoms with van der Waals surface area (Å²) in [6, 6.07) is 0. The molecule has 0 aromatic heterocycles. The standard InChI is InChI=1S/C26H52NO2.ClH/c1-6-7-8-9-10-11-12-13-14-15-16-17-18-19-20-21-22-27(4,5)23-24-29-26(28)25(2)3;/h2,6-24H2,1,3-5H3;1H/q+1;/p-1. The number of likely N-dealkylation sites (N-methyl/N-ethyl adjacent to an activating group) is 1. The molecule has 0 aliphatic rings. The second-order valence-electron chi connectivity index (χ2n) is 9.60. The smallest absolute Gasteiger partial charge is 0.333 e. The second-order valence-corrected chi connectivity index (χ2v) is 9.60. The van der Waals surface area contributed by atoms with Crippen LogP contribution in [0.15, 0.2) is 12.2 Å². The number of carbonyl (C=O) groups is 1. The van der Waals surface area contributed by atoms with Crippen LogP contribution in [-0.4, -0.2) is 44.2 Å². The monoisotopic (exact) mass is 445 g/mol. The van der Waals surface area contributed by atoms with Gasteiger partial charge in [-0.25, -0.2) is 4.79 Å². The van der Waals surface area contributed by atoms with Crippen molar-refractivity contribution in [2.75, 3.05) is 33.8 Å². The number of hydrogen-bond donors (Lipinski definition) is 0. The molecule has 0 aromatic rings. The van der Waals surface area contributed by atoms with Crippen LogP contribution in [0.25, 0.3) is 0 Å². The van der Waals surface area contributed by atoms with Gasteiger partial charge in [0.1, 0.15) is 13.2 Å². The van der Waals surface area contributed by atoms with Gasteiger partial charge < -0.3 is 21.6 Å². The third kappa shape index (κ3) is 22.2. The van der Waals surface area contributed by atoms with E-state index in [2.05, 4.69) is 27.6 Å². The maximum Gasteiger partial charge on any atom is 0.333 e. The first-order valence-corrected chi connectivity index (χ1v) is 12.5. The minimum atomic E-state index is -0.271. The predicted octanol–water partition coefficient (Wildman–Crippen LogP) is 4.45. The third-order valence-corrected chi connectivity index (χ3v) is 5.90. The number of carbonyl (C=O) groups excluding carboxylic acids is 1. The Balaban J connectivity index is 0. The molecule has 0 N–H and O–H groups in total. The summed E-state index contributed by atoms with van der Waals surface area (Å²) in [5.41, 5.74) is 0.480. The molecule has 0 aliphatic carbocycles. The van der Waals surface area contributed by atoms with Crippen LogP contribution in [0.4, 0.5) is 0 Å². The number of hydrogen-bond acceptors (Lipinski definition) is 2. The molecule has 180 valence electrons. The van der Waals surface area contributed by atoms with Gasteiger partial charge in [-0.05, 0) is 19.8 Å². The minimum Gasteiger partial charge on any atom is -1.00 e. The van der Waals surface area contributed by atoms with Crippen molar-refractivity contribution in [1.82, 2.24) is 0 Å². The van der Waals surface area contributed by atoms with Gasteiger partial charge in [-0.1, -0.05) is 103 Å². The van der Waals surface area contributed by atoms with E-state index in [-0.39, 0.29) is 18.4 Å². The van der Waals surface area contributed by atoms with Crippen LogP contribution in [-0.2, 0) is 9.53 Å². The lowest BCUT2D eigenvalue weighted by Crippen LogP contribution is -3.00. The van der Waals surface area contributed by atoms with Crippen LogP contribution in [0.5, 0.6) is 0 Å². The molecule has 0 spiro atoms. The fourth-order valence-corrected chi connectivity index (χ4v) is 3.71. The molecular formula is C26H52ClNO2. The Morgan fingerprint density at radius 1 is 0.700 bits per heavy atom. The maximum atomic E-state index is 11.4. The first-order valence-electron chi connectivity index (χ1n) is 12.5. The van der Waals surface area contributed by atoms with E-state index in [1.54, 1.807) is 6.92 Å². The average molecular weight is 446 g/mol. The summed E-state index contributed by atoms with van der Waals surface area (Å²) in [6.45, 7) is 10.1. The molecule has 0 saturated carbocycles. The lowest BCUT2D eigenvalue weighted by molar-refractivity contribution is -0.890. The summed E-state index contributed by atoms with van der Waals surface area (Å²) < 4.78 is 6.14. The third-order valence-electron chi connectivity index (χ3n) is 5.90. The van der Waals surface area contributed by atoms with E-state index < -0.39 is 0 Å². The molecule has 0 fully saturated rings. The Hall–Kier alpha value is -0.540. The molecule has 0 radical (unpaired) electrons. The summed E-state index contributed by atoms with van der Waals surface area (Å²) in [6.07, 6.45) is 22.5. The van der Waals surface area contributed by atoms with Crippen molar-refractivity contribution in [1.29, 1.82) is 0 Å². The molecule has 3 nitrogen and oxygen atoms in total. The molecule has 30 heavy (non-hydrogen) atoms. The number of ether oxygens (including phenoxy) is 1. The molecule has 0 aromatic carbocycles. The van der Waals surface area contributed by atoms with E-state index in [9.17, 15) is 4.79 Å². The van der Waals surface area contributed by atoms with Crippen LogP contribution in [0.3, 0.4) is 0 Å². The normalized spacial score (nSPS) is 11.2. The summed E-state index contributed by atoms with van der Waals surface area (Å²) in [4.78, 5) is 11.4. The van der Waals surface area contributed by atoms with Crippen molar-refractivity contribution in [3.8, 4) is 0 Å². The average Bonchev–Trinajstić information content (AvgIpc) is 2.67. The molecule has 0 amide bonds. The molecule has 0 rings (SSSR count). The number of halogens is 1. The van der Waals surface area contributed by atoms with E-state index in [0.29, 0.717) is 12.2 Å². The van der Waals surface area contributed by atoms with Gasteiger partial charge in [0, 0.05) is 5.57 Å². The summed E-state index contributed by atoms with van der Waals surface area (Å²) >= 11 is 0. The molecule has 0 unspecified atom stereocenters. The molecule has 4 heteroatoms. The zero-order valence-electron chi connectivity index (χ0n) is 20.8. The van der Waals surface area contributed by atoms with E-state index in [4.69, 9.17) is 4.74 Å². The highest BCUT2D eigenvalue weighted by Crippen LogP contribution is 2.14.